The highest BCUT2D eigenvalue weighted by Crippen LogP contribution is 2.46. The third-order valence-corrected chi connectivity index (χ3v) is 2.73. The molecule has 0 aromatic carbocycles. The number of phosphoric ester groups is 1. The predicted molar refractivity (Wildman–Crippen MR) is 46.9 cm³/mol. The molecule has 0 saturated carbocycles. The lowest BCUT2D eigenvalue weighted by Gasteiger charge is -2.29. The summed E-state index contributed by atoms with van der Waals surface area (Å²) in [5.41, 5.74) is 0. The predicted octanol–water partition coefficient (Wildman–Crippen LogP) is -3.10. The van der Waals surface area contributed by atoms with Crippen molar-refractivity contribution >= 4 is 7.82 Å². The van der Waals surface area contributed by atoms with E-state index < -0.39 is 45.1 Å². The van der Waals surface area contributed by atoms with E-state index in [2.05, 4.69) is 4.52 Å². The molecule has 0 amide bonds. The maximum Gasteiger partial charge on any atom is 0.472 e. The van der Waals surface area contributed by atoms with Gasteiger partial charge in [-0.1, -0.05) is 0 Å². The molecule has 1 saturated heterocycles. The molecular formula is C6H13O9P. The van der Waals surface area contributed by atoms with Crippen LogP contribution in [0.1, 0.15) is 0 Å². The molecule has 0 aromatic heterocycles. The Morgan fingerprint density at radius 3 is 2.19 bits per heavy atom. The monoisotopic (exact) mass is 260 g/mol. The Balaban J connectivity index is 2.93. The fourth-order valence-corrected chi connectivity index (χ4v) is 2.05. The third-order valence-electron chi connectivity index (χ3n) is 2.18. The number of hydrogen-bond acceptors (Lipinski definition) is 7. The second-order valence-electron chi connectivity index (χ2n) is 3.33. The van der Waals surface area contributed by atoms with Crippen molar-refractivity contribution in [3.63, 3.8) is 0 Å². The normalized spacial score (nSPS) is 40.2. The topological polar surface area (TPSA) is 157 Å². The van der Waals surface area contributed by atoms with Crippen molar-refractivity contribution in [1.29, 1.82) is 0 Å². The Labute approximate surface area is 90.1 Å². The van der Waals surface area contributed by atoms with Crippen LogP contribution in [0.15, 0.2) is 0 Å². The molecule has 0 bridgehead atoms. The molecule has 0 spiro atoms. The maximum atomic E-state index is 10.6. The zero-order chi connectivity index (χ0) is 12.6. The fourth-order valence-electron chi connectivity index (χ4n) is 1.44. The van der Waals surface area contributed by atoms with Gasteiger partial charge in [0.25, 0.3) is 0 Å². The van der Waals surface area contributed by atoms with Crippen LogP contribution in [-0.2, 0) is 13.8 Å². The van der Waals surface area contributed by atoms with Crippen LogP contribution in [-0.4, -0.2) is 67.5 Å². The van der Waals surface area contributed by atoms with Gasteiger partial charge in [-0.3, -0.25) is 0 Å². The van der Waals surface area contributed by atoms with E-state index in [1.807, 2.05) is 0 Å². The minimum absolute atomic E-state index is 0.704. The summed E-state index contributed by atoms with van der Waals surface area (Å²) in [6.45, 7) is -1.79. The Morgan fingerprint density at radius 1 is 1.31 bits per heavy atom. The molecular weight excluding hydrogens is 247 g/mol. The second-order valence-corrected chi connectivity index (χ2v) is 4.49. The first-order valence-corrected chi connectivity index (χ1v) is 5.81. The average molecular weight is 260 g/mol. The molecule has 0 aliphatic carbocycles. The van der Waals surface area contributed by atoms with Gasteiger partial charge in [0.05, 0.1) is 6.61 Å². The van der Waals surface area contributed by atoms with Gasteiger partial charge in [-0.15, -0.1) is 0 Å². The number of aliphatic hydroxyl groups excluding tert-OH is 4. The van der Waals surface area contributed by atoms with Gasteiger partial charge >= 0.3 is 7.82 Å². The quantitative estimate of drug-likeness (QED) is 0.288. The summed E-state index contributed by atoms with van der Waals surface area (Å²) in [6, 6.07) is 0. The van der Waals surface area contributed by atoms with Gasteiger partial charge in [0.15, 0.2) is 0 Å². The number of phosphoric acid groups is 1. The van der Waals surface area contributed by atoms with Crippen LogP contribution in [0.25, 0.3) is 0 Å². The van der Waals surface area contributed by atoms with Crippen molar-refractivity contribution in [2.45, 2.75) is 24.1 Å². The lowest BCUT2D eigenvalue weighted by Crippen LogP contribution is -2.47. The van der Waals surface area contributed by atoms with E-state index in [1.165, 1.54) is 0 Å². The molecule has 16 heavy (non-hydrogen) atoms. The highest BCUT2D eigenvalue weighted by Gasteiger charge is 2.57. The summed E-state index contributed by atoms with van der Waals surface area (Å²) in [7, 11) is -5.04. The minimum atomic E-state index is -5.04. The highest BCUT2D eigenvalue weighted by molar-refractivity contribution is 7.46. The number of hydrogen-bond donors (Lipinski definition) is 6. The van der Waals surface area contributed by atoms with Crippen LogP contribution >= 0.6 is 7.82 Å². The van der Waals surface area contributed by atoms with Crippen LogP contribution in [0.4, 0.5) is 0 Å². The molecule has 0 unspecified atom stereocenters. The van der Waals surface area contributed by atoms with Gasteiger partial charge in [0.2, 0.25) is 5.79 Å². The SMILES string of the molecule is O=P(O)(O)O[C@]1(CO)O[C@H](CO)[C@H](O)[C@@H]1O. The van der Waals surface area contributed by atoms with Crippen molar-refractivity contribution in [3.8, 4) is 0 Å². The molecule has 1 rings (SSSR count). The lowest BCUT2D eigenvalue weighted by molar-refractivity contribution is -0.237. The number of ether oxygens (including phenoxy) is 1. The molecule has 0 radical (unpaired) electrons. The molecule has 0 aromatic rings. The van der Waals surface area contributed by atoms with E-state index in [4.69, 9.17) is 24.7 Å². The average Bonchev–Trinajstić information content (AvgIpc) is 2.41. The van der Waals surface area contributed by atoms with Crippen LogP contribution in [0, 0.1) is 0 Å². The first-order valence-electron chi connectivity index (χ1n) is 4.28. The van der Waals surface area contributed by atoms with E-state index in [9.17, 15) is 14.8 Å². The molecule has 9 nitrogen and oxygen atoms in total. The summed E-state index contributed by atoms with van der Waals surface area (Å²) >= 11 is 0. The lowest BCUT2D eigenvalue weighted by atomic mass is 10.1. The zero-order valence-corrected chi connectivity index (χ0v) is 8.90. The van der Waals surface area contributed by atoms with Gasteiger partial charge in [-0.2, -0.15) is 0 Å². The van der Waals surface area contributed by atoms with Crippen molar-refractivity contribution in [2.24, 2.45) is 0 Å². The van der Waals surface area contributed by atoms with Crippen molar-refractivity contribution < 1.29 is 44.0 Å². The van der Waals surface area contributed by atoms with Crippen LogP contribution in [0.5, 0.6) is 0 Å². The Hall–Kier alpha value is -0.0900. The molecule has 1 aliphatic rings. The van der Waals surface area contributed by atoms with E-state index >= 15 is 0 Å². The van der Waals surface area contributed by atoms with Crippen LogP contribution in [0.3, 0.4) is 0 Å². The van der Waals surface area contributed by atoms with Gasteiger partial charge < -0.3 is 34.9 Å². The summed E-state index contributed by atoms with van der Waals surface area (Å²) in [6.07, 6.45) is -4.81. The summed E-state index contributed by atoms with van der Waals surface area (Å²) < 4.78 is 19.5. The third kappa shape index (κ3) is 2.59. The first-order chi connectivity index (χ1) is 7.25. The molecule has 1 heterocycles. The number of aliphatic hydroxyl groups is 4. The Morgan fingerprint density at radius 2 is 1.88 bits per heavy atom. The van der Waals surface area contributed by atoms with Gasteiger partial charge in [-0.25, -0.2) is 9.09 Å². The number of rotatable bonds is 4. The van der Waals surface area contributed by atoms with Gasteiger partial charge in [0, 0.05) is 0 Å². The van der Waals surface area contributed by atoms with E-state index in [0.29, 0.717) is 0 Å². The molecule has 1 aliphatic heterocycles. The van der Waals surface area contributed by atoms with Crippen molar-refractivity contribution in [1.82, 2.24) is 0 Å². The summed E-state index contributed by atoms with van der Waals surface area (Å²) in [4.78, 5) is 17.2. The first kappa shape index (κ1) is 14.0. The van der Waals surface area contributed by atoms with Crippen LogP contribution < -0.4 is 0 Å². The van der Waals surface area contributed by atoms with E-state index in [0.717, 1.165) is 0 Å². The molecule has 10 heteroatoms. The molecule has 6 N–H and O–H groups in total. The van der Waals surface area contributed by atoms with Crippen molar-refractivity contribution in [2.75, 3.05) is 13.2 Å². The largest absolute Gasteiger partial charge is 0.472 e. The highest BCUT2D eigenvalue weighted by atomic mass is 31.2. The minimum Gasteiger partial charge on any atom is -0.394 e. The fraction of sp³-hybridized carbons (Fsp3) is 1.00. The van der Waals surface area contributed by atoms with Gasteiger partial charge in [-0.05, 0) is 0 Å². The molecule has 1 fully saturated rings. The zero-order valence-electron chi connectivity index (χ0n) is 8.00. The molecule has 96 valence electrons. The van der Waals surface area contributed by atoms with Crippen LogP contribution in [0.2, 0.25) is 0 Å². The Kier molecular flexibility index (Phi) is 4.06. The van der Waals surface area contributed by atoms with E-state index in [-0.39, 0.29) is 0 Å². The Bertz CT molecular complexity index is 290. The smallest absolute Gasteiger partial charge is 0.394 e. The molecule has 4 atom stereocenters. The van der Waals surface area contributed by atoms with Crippen molar-refractivity contribution in [3.05, 3.63) is 0 Å². The second kappa shape index (κ2) is 4.65. The maximum absolute atomic E-state index is 10.6. The summed E-state index contributed by atoms with van der Waals surface area (Å²) in [5, 5.41) is 36.5. The standard InChI is InChI=1S/C6H13O9P/c7-1-3-4(9)5(10)6(2-8,14-3)15-16(11,12)13/h3-5,7-10H,1-2H2,(H2,11,12,13)/t3-,4+,5+,6+/m1/s1. The van der Waals surface area contributed by atoms with Gasteiger partial charge in [0.1, 0.15) is 24.9 Å². The van der Waals surface area contributed by atoms with E-state index in [1.54, 1.807) is 0 Å². The summed E-state index contributed by atoms with van der Waals surface area (Å²) in [5.74, 6) is -2.44.